The molecule has 1 N–H and O–H groups in total. The Bertz CT molecular complexity index is 422. The Morgan fingerprint density at radius 2 is 1.95 bits per heavy atom. The number of nitrogens with zero attached hydrogens (tertiary/aromatic N) is 2. The van der Waals surface area contributed by atoms with E-state index in [-0.39, 0.29) is 5.82 Å². The van der Waals surface area contributed by atoms with Gasteiger partial charge >= 0.3 is 0 Å². The molecule has 0 spiro atoms. The Labute approximate surface area is 118 Å². The fraction of sp³-hybridized carbons (Fsp3) is 0.571. The van der Waals surface area contributed by atoms with Crippen molar-refractivity contribution in [1.29, 1.82) is 0 Å². The quantitative estimate of drug-likeness (QED) is 0.908. The molecule has 1 aromatic carbocycles. The summed E-state index contributed by atoms with van der Waals surface area (Å²) in [6.07, 6.45) is 0. The fourth-order valence-corrected chi connectivity index (χ4v) is 2.95. The smallest absolute Gasteiger partial charge is 0.129 e. The van der Waals surface area contributed by atoms with Crippen LogP contribution < -0.4 is 5.32 Å². The maximum atomic E-state index is 13.7. The highest BCUT2D eigenvalue weighted by Gasteiger charge is 2.27. The molecule has 2 aliphatic rings. The molecule has 0 amide bonds. The summed E-state index contributed by atoms with van der Waals surface area (Å²) in [7, 11) is 0. The van der Waals surface area contributed by atoms with E-state index in [9.17, 15) is 4.39 Å². The first-order valence-corrected chi connectivity index (χ1v) is 7.22. The van der Waals surface area contributed by atoms with Crippen molar-refractivity contribution in [2.75, 3.05) is 39.3 Å². The zero-order valence-corrected chi connectivity index (χ0v) is 11.7. The molecule has 0 radical (unpaired) electrons. The highest BCUT2D eigenvalue weighted by molar-refractivity contribution is 6.31. The molecule has 2 aliphatic heterocycles. The molecule has 3 rings (SSSR count). The van der Waals surface area contributed by atoms with Crippen molar-refractivity contribution < 1.29 is 4.39 Å². The normalized spacial score (nSPS) is 22.4. The lowest BCUT2D eigenvalue weighted by Gasteiger charge is -2.43. The van der Waals surface area contributed by atoms with Crippen LogP contribution in [0.4, 0.5) is 4.39 Å². The average Bonchev–Trinajstić information content (AvgIpc) is 2.34. The second kappa shape index (κ2) is 5.75. The third kappa shape index (κ3) is 2.92. The van der Waals surface area contributed by atoms with Crippen molar-refractivity contribution in [1.82, 2.24) is 15.1 Å². The van der Waals surface area contributed by atoms with Crippen LogP contribution in [0.15, 0.2) is 18.2 Å². The van der Waals surface area contributed by atoms with E-state index in [4.69, 9.17) is 11.6 Å². The highest BCUT2D eigenvalue weighted by Crippen LogP contribution is 2.21. The monoisotopic (exact) mass is 283 g/mol. The van der Waals surface area contributed by atoms with Gasteiger partial charge in [-0.1, -0.05) is 17.7 Å². The summed E-state index contributed by atoms with van der Waals surface area (Å²) in [5, 5.41) is 3.84. The maximum absolute atomic E-state index is 13.7. The van der Waals surface area contributed by atoms with Crippen LogP contribution in [0, 0.1) is 5.82 Å². The predicted molar refractivity (Wildman–Crippen MR) is 74.9 cm³/mol. The molecular formula is C14H19ClFN3. The fourth-order valence-electron chi connectivity index (χ4n) is 2.73. The first kappa shape index (κ1) is 13.3. The van der Waals surface area contributed by atoms with E-state index in [2.05, 4.69) is 15.1 Å². The molecule has 2 saturated heterocycles. The van der Waals surface area contributed by atoms with Gasteiger partial charge in [-0.2, -0.15) is 0 Å². The van der Waals surface area contributed by atoms with Crippen LogP contribution >= 0.6 is 11.6 Å². The number of benzene rings is 1. The number of hydrogen-bond acceptors (Lipinski definition) is 3. The van der Waals surface area contributed by atoms with Gasteiger partial charge in [0.1, 0.15) is 5.82 Å². The molecular weight excluding hydrogens is 265 g/mol. The van der Waals surface area contributed by atoms with E-state index in [1.165, 1.54) is 6.07 Å². The molecule has 0 saturated carbocycles. The zero-order chi connectivity index (χ0) is 13.2. The molecule has 19 heavy (non-hydrogen) atoms. The lowest BCUT2D eigenvalue weighted by molar-refractivity contribution is 0.0691. The molecule has 104 valence electrons. The Morgan fingerprint density at radius 3 is 2.53 bits per heavy atom. The van der Waals surface area contributed by atoms with Crippen LogP contribution in [0.1, 0.15) is 5.56 Å². The van der Waals surface area contributed by atoms with E-state index >= 15 is 0 Å². The largest absolute Gasteiger partial charge is 0.314 e. The van der Waals surface area contributed by atoms with E-state index in [1.807, 2.05) is 0 Å². The summed E-state index contributed by atoms with van der Waals surface area (Å²) >= 11 is 6.07. The SMILES string of the molecule is Fc1cccc(Cl)c1CN1CCN(C2CNC2)CC1. The Balaban J connectivity index is 1.57. The molecule has 5 heteroatoms. The van der Waals surface area contributed by atoms with Gasteiger partial charge in [0.15, 0.2) is 0 Å². The van der Waals surface area contributed by atoms with Crippen LogP contribution in [0.5, 0.6) is 0 Å². The van der Waals surface area contributed by atoms with Gasteiger partial charge in [-0.15, -0.1) is 0 Å². The molecule has 3 nitrogen and oxygen atoms in total. The lowest BCUT2D eigenvalue weighted by Crippen LogP contribution is -2.61. The number of hydrogen-bond donors (Lipinski definition) is 1. The minimum atomic E-state index is -0.196. The molecule has 0 unspecified atom stereocenters. The van der Waals surface area contributed by atoms with Crippen molar-refractivity contribution in [3.63, 3.8) is 0 Å². The summed E-state index contributed by atoms with van der Waals surface area (Å²) in [5.41, 5.74) is 0.628. The summed E-state index contributed by atoms with van der Waals surface area (Å²) in [4.78, 5) is 4.81. The first-order chi connectivity index (χ1) is 9.24. The van der Waals surface area contributed by atoms with Crippen molar-refractivity contribution in [3.8, 4) is 0 Å². The second-order valence-corrected chi connectivity index (χ2v) is 5.73. The topological polar surface area (TPSA) is 18.5 Å². The second-order valence-electron chi connectivity index (χ2n) is 5.32. The predicted octanol–water partition coefficient (Wildman–Crippen LogP) is 1.57. The standard InChI is InChI=1S/C14H19ClFN3/c15-13-2-1-3-14(16)12(13)10-18-4-6-19(7-5-18)11-8-17-9-11/h1-3,11,17H,4-10H2. The van der Waals surface area contributed by atoms with Crippen LogP contribution in [-0.4, -0.2) is 55.1 Å². The van der Waals surface area contributed by atoms with Crippen molar-refractivity contribution in [3.05, 3.63) is 34.6 Å². The van der Waals surface area contributed by atoms with E-state index in [0.717, 1.165) is 39.3 Å². The molecule has 2 fully saturated rings. The van der Waals surface area contributed by atoms with Crippen molar-refractivity contribution >= 4 is 11.6 Å². The number of piperazine rings is 1. The Hall–Kier alpha value is -0.680. The van der Waals surface area contributed by atoms with Crippen LogP contribution in [0.3, 0.4) is 0 Å². The minimum Gasteiger partial charge on any atom is -0.314 e. The average molecular weight is 284 g/mol. The van der Waals surface area contributed by atoms with Gasteiger partial charge in [-0.25, -0.2) is 4.39 Å². The number of halogens is 2. The molecule has 2 heterocycles. The van der Waals surface area contributed by atoms with Gasteiger partial charge in [-0.3, -0.25) is 9.80 Å². The third-order valence-corrected chi connectivity index (χ3v) is 4.48. The molecule has 0 aromatic heterocycles. The van der Waals surface area contributed by atoms with Crippen molar-refractivity contribution in [2.24, 2.45) is 0 Å². The van der Waals surface area contributed by atoms with Gasteiger partial charge < -0.3 is 5.32 Å². The highest BCUT2D eigenvalue weighted by atomic mass is 35.5. The summed E-state index contributed by atoms with van der Waals surface area (Å²) in [5.74, 6) is -0.196. The van der Waals surface area contributed by atoms with Gasteiger partial charge in [0.2, 0.25) is 0 Å². The molecule has 0 atom stereocenters. The van der Waals surface area contributed by atoms with Gasteiger partial charge in [0, 0.05) is 62.4 Å². The van der Waals surface area contributed by atoms with E-state index in [1.54, 1.807) is 12.1 Å². The Kier molecular flexibility index (Phi) is 4.03. The van der Waals surface area contributed by atoms with Gasteiger partial charge in [0.25, 0.3) is 0 Å². The summed E-state index contributed by atoms with van der Waals surface area (Å²) in [6.45, 7) is 6.94. The van der Waals surface area contributed by atoms with Gasteiger partial charge in [0.05, 0.1) is 0 Å². The molecule has 1 aromatic rings. The van der Waals surface area contributed by atoms with E-state index in [0.29, 0.717) is 23.2 Å². The summed E-state index contributed by atoms with van der Waals surface area (Å²) in [6, 6.07) is 5.61. The van der Waals surface area contributed by atoms with E-state index < -0.39 is 0 Å². The van der Waals surface area contributed by atoms with Crippen LogP contribution in [0.2, 0.25) is 5.02 Å². The Morgan fingerprint density at radius 1 is 1.21 bits per heavy atom. The molecule has 0 bridgehead atoms. The lowest BCUT2D eigenvalue weighted by atomic mass is 10.1. The van der Waals surface area contributed by atoms with Crippen molar-refractivity contribution in [2.45, 2.75) is 12.6 Å². The molecule has 0 aliphatic carbocycles. The number of rotatable bonds is 3. The number of nitrogens with one attached hydrogen (secondary N) is 1. The first-order valence-electron chi connectivity index (χ1n) is 6.84. The zero-order valence-electron chi connectivity index (χ0n) is 10.9. The maximum Gasteiger partial charge on any atom is 0.129 e. The van der Waals surface area contributed by atoms with Gasteiger partial charge in [-0.05, 0) is 12.1 Å². The summed E-state index contributed by atoms with van der Waals surface area (Å²) < 4.78 is 13.7. The third-order valence-electron chi connectivity index (χ3n) is 4.13. The van der Waals surface area contributed by atoms with Crippen LogP contribution in [0.25, 0.3) is 0 Å². The van der Waals surface area contributed by atoms with Crippen LogP contribution in [-0.2, 0) is 6.54 Å². The minimum absolute atomic E-state index is 0.196.